The van der Waals surface area contributed by atoms with Gasteiger partial charge in [-0.05, 0) is 68.5 Å². The first-order chi connectivity index (χ1) is 14.9. The Kier molecular flexibility index (Phi) is 5.50. The van der Waals surface area contributed by atoms with Gasteiger partial charge in [0.1, 0.15) is 5.69 Å². The molecule has 1 atom stereocenters. The maximum absolute atomic E-state index is 12.9. The van der Waals surface area contributed by atoms with Crippen molar-refractivity contribution in [3.8, 4) is 5.69 Å². The van der Waals surface area contributed by atoms with Gasteiger partial charge in [0.2, 0.25) is 0 Å². The van der Waals surface area contributed by atoms with Crippen LogP contribution in [0.5, 0.6) is 0 Å². The van der Waals surface area contributed by atoms with Crippen LogP contribution in [-0.4, -0.2) is 27.3 Å². The number of nitrogens with zero attached hydrogens (tertiary/aromatic N) is 2. The van der Waals surface area contributed by atoms with E-state index in [1.165, 1.54) is 17.2 Å². The smallest absolute Gasteiger partial charge is 0.338 e. The van der Waals surface area contributed by atoms with Gasteiger partial charge in [-0.25, -0.2) is 9.48 Å². The SMILES string of the molecule is Cc1c(NC(=O)[C@@H](C)OC(=O)c2ccc3c(c2)CCC3)c(=O)n(-c2ccccc2)n1C. The highest BCUT2D eigenvalue weighted by Gasteiger charge is 2.24. The molecule has 0 bridgehead atoms. The minimum Gasteiger partial charge on any atom is -0.449 e. The number of nitrogens with one attached hydrogen (secondary N) is 1. The van der Waals surface area contributed by atoms with Gasteiger partial charge in [0, 0.05) is 7.05 Å². The molecule has 3 aromatic rings. The lowest BCUT2D eigenvalue weighted by atomic mass is 10.1. The predicted molar refractivity (Wildman–Crippen MR) is 118 cm³/mol. The molecule has 0 saturated heterocycles. The molecule has 1 amide bonds. The average molecular weight is 419 g/mol. The first-order valence-corrected chi connectivity index (χ1v) is 10.3. The van der Waals surface area contributed by atoms with Crippen molar-refractivity contribution < 1.29 is 14.3 Å². The number of carbonyl (C=O) groups is 2. The van der Waals surface area contributed by atoms with Gasteiger partial charge in [0.15, 0.2) is 6.10 Å². The average Bonchev–Trinajstić information content (AvgIpc) is 3.32. The van der Waals surface area contributed by atoms with Crippen LogP contribution in [-0.2, 0) is 29.4 Å². The maximum Gasteiger partial charge on any atom is 0.338 e. The van der Waals surface area contributed by atoms with Crippen LogP contribution in [0.4, 0.5) is 5.69 Å². The quantitative estimate of drug-likeness (QED) is 0.644. The lowest BCUT2D eigenvalue weighted by molar-refractivity contribution is -0.123. The summed E-state index contributed by atoms with van der Waals surface area (Å²) in [5, 5.41) is 2.64. The van der Waals surface area contributed by atoms with E-state index in [0.29, 0.717) is 16.9 Å². The van der Waals surface area contributed by atoms with Crippen molar-refractivity contribution in [3.05, 3.63) is 81.3 Å². The monoisotopic (exact) mass is 419 g/mol. The topological polar surface area (TPSA) is 82.3 Å². The molecule has 0 aliphatic heterocycles. The number of anilines is 1. The number of hydrogen-bond acceptors (Lipinski definition) is 4. The summed E-state index contributed by atoms with van der Waals surface area (Å²) in [5.41, 5.74) is 3.95. The molecule has 160 valence electrons. The molecule has 1 aliphatic rings. The Labute approximate surface area is 180 Å². The van der Waals surface area contributed by atoms with Crippen LogP contribution in [0.1, 0.15) is 40.5 Å². The molecule has 0 saturated carbocycles. The van der Waals surface area contributed by atoms with E-state index in [4.69, 9.17) is 4.74 Å². The van der Waals surface area contributed by atoms with Crippen LogP contribution in [0.15, 0.2) is 53.3 Å². The molecule has 4 rings (SSSR count). The third-order valence-electron chi connectivity index (χ3n) is 5.79. The zero-order chi connectivity index (χ0) is 22.1. The first-order valence-electron chi connectivity index (χ1n) is 10.3. The normalized spacial score (nSPS) is 13.5. The highest BCUT2D eigenvalue weighted by molar-refractivity contribution is 5.97. The van der Waals surface area contributed by atoms with Crippen LogP contribution in [0.3, 0.4) is 0 Å². The Morgan fingerprint density at radius 2 is 1.77 bits per heavy atom. The third-order valence-corrected chi connectivity index (χ3v) is 5.79. The number of hydrogen-bond donors (Lipinski definition) is 1. The lowest BCUT2D eigenvalue weighted by Gasteiger charge is -2.13. The second kappa shape index (κ2) is 8.26. The van der Waals surface area contributed by atoms with E-state index in [0.717, 1.165) is 24.8 Å². The number of para-hydroxylation sites is 1. The highest BCUT2D eigenvalue weighted by atomic mass is 16.5. The predicted octanol–water partition coefficient (Wildman–Crippen LogP) is 3.16. The van der Waals surface area contributed by atoms with Gasteiger partial charge in [-0.15, -0.1) is 0 Å². The summed E-state index contributed by atoms with van der Waals surface area (Å²) in [6, 6.07) is 14.7. The summed E-state index contributed by atoms with van der Waals surface area (Å²) in [6.07, 6.45) is 2.02. The minimum absolute atomic E-state index is 0.164. The number of aromatic nitrogens is 2. The van der Waals surface area contributed by atoms with Crippen molar-refractivity contribution in [1.82, 2.24) is 9.36 Å². The Bertz CT molecular complexity index is 1210. The van der Waals surface area contributed by atoms with E-state index >= 15 is 0 Å². The van der Waals surface area contributed by atoms with E-state index in [-0.39, 0.29) is 11.2 Å². The number of aryl methyl sites for hydroxylation is 2. The molecule has 1 N–H and O–H groups in total. The molecular weight excluding hydrogens is 394 g/mol. The maximum atomic E-state index is 12.9. The Hall–Kier alpha value is -3.61. The number of fused-ring (bicyclic) bond motifs is 1. The van der Waals surface area contributed by atoms with Crippen LogP contribution in [0.2, 0.25) is 0 Å². The lowest BCUT2D eigenvalue weighted by Crippen LogP contribution is -2.32. The summed E-state index contributed by atoms with van der Waals surface area (Å²) in [5.74, 6) is -1.11. The summed E-state index contributed by atoms with van der Waals surface area (Å²) >= 11 is 0. The molecule has 0 radical (unpaired) electrons. The fourth-order valence-corrected chi connectivity index (χ4v) is 3.92. The minimum atomic E-state index is -1.05. The van der Waals surface area contributed by atoms with Crippen LogP contribution in [0, 0.1) is 6.92 Å². The number of amides is 1. The van der Waals surface area contributed by atoms with Gasteiger partial charge in [0.05, 0.1) is 16.9 Å². The summed E-state index contributed by atoms with van der Waals surface area (Å²) in [6.45, 7) is 3.24. The van der Waals surface area contributed by atoms with E-state index in [1.807, 2.05) is 42.5 Å². The summed E-state index contributed by atoms with van der Waals surface area (Å²) in [7, 11) is 1.75. The number of ether oxygens (including phenoxy) is 1. The molecule has 0 fully saturated rings. The molecule has 1 aliphatic carbocycles. The Balaban J connectivity index is 1.49. The Morgan fingerprint density at radius 1 is 1.06 bits per heavy atom. The highest BCUT2D eigenvalue weighted by Crippen LogP contribution is 2.23. The van der Waals surface area contributed by atoms with E-state index in [9.17, 15) is 14.4 Å². The van der Waals surface area contributed by atoms with Gasteiger partial charge < -0.3 is 10.1 Å². The van der Waals surface area contributed by atoms with Crippen molar-refractivity contribution >= 4 is 17.6 Å². The summed E-state index contributed by atoms with van der Waals surface area (Å²) < 4.78 is 8.52. The molecule has 31 heavy (non-hydrogen) atoms. The fourth-order valence-electron chi connectivity index (χ4n) is 3.92. The first kappa shape index (κ1) is 20.7. The van der Waals surface area contributed by atoms with Gasteiger partial charge in [0.25, 0.3) is 11.5 Å². The zero-order valence-electron chi connectivity index (χ0n) is 17.8. The van der Waals surface area contributed by atoms with E-state index in [1.54, 1.807) is 24.7 Å². The number of esters is 1. The molecule has 7 nitrogen and oxygen atoms in total. The zero-order valence-corrected chi connectivity index (χ0v) is 17.8. The van der Waals surface area contributed by atoms with Crippen molar-refractivity contribution in [2.24, 2.45) is 7.05 Å². The molecule has 2 aromatic carbocycles. The van der Waals surface area contributed by atoms with Crippen LogP contribution < -0.4 is 10.9 Å². The Morgan fingerprint density at radius 3 is 2.52 bits per heavy atom. The van der Waals surface area contributed by atoms with Crippen molar-refractivity contribution in [2.75, 3.05) is 5.32 Å². The van der Waals surface area contributed by atoms with E-state index in [2.05, 4.69) is 5.32 Å². The van der Waals surface area contributed by atoms with Crippen molar-refractivity contribution in [1.29, 1.82) is 0 Å². The van der Waals surface area contributed by atoms with Gasteiger partial charge in [-0.1, -0.05) is 24.3 Å². The number of carbonyl (C=O) groups excluding carboxylic acids is 2. The molecule has 1 heterocycles. The standard InChI is InChI=1S/C24H25N3O4/c1-15-21(23(29)27(26(15)3)20-10-5-4-6-11-20)25-22(28)16(2)31-24(30)19-13-12-17-8-7-9-18(17)14-19/h4-6,10-14,16H,7-9H2,1-3H3,(H,25,28)/t16-/m1/s1. The molecule has 1 aromatic heterocycles. The van der Waals surface area contributed by atoms with Gasteiger partial charge in [-0.2, -0.15) is 0 Å². The number of benzene rings is 2. The summed E-state index contributed by atoms with van der Waals surface area (Å²) in [4.78, 5) is 38.1. The van der Waals surface area contributed by atoms with Crippen LogP contribution in [0.25, 0.3) is 5.69 Å². The third kappa shape index (κ3) is 3.91. The molecule has 7 heteroatoms. The second-order valence-electron chi connectivity index (χ2n) is 7.81. The number of rotatable bonds is 5. The van der Waals surface area contributed by atoms with Crippen molar-refractivity contribution in [3.63, 3.8) is 0 Å². The largest absolute Gasteiger partial charge is 0.449 e. The van der Waals surface area contributed by atoms with Crippen molar-refractivity contribution in [2.45, 2.75) is 39.2 Å². The molecule has 0 unspecified atom stereocenters. The second-order valence-corrected chi connectivity index (χ2v) is 7.81. The molecule has 0 spiro atoms. The molecular formula is C24H25N3O4. The fraction of sp³-hybridized carbons (Fsp3) is 0.292. The van der Waals surface area contributed by atoms with Gasteiger partial charge in [-0.3, -0.25) is 14.3 Å². The van der Waals surface area contributed by atoms with Gasteiger partial charge >= 0.3 is 5.97 Å². The van der Waals surface area contributed by atoms with Crippen LogP contribution >= 0.6 is 0 Å². The van der Waals surface area contributed by atoms with E-state index < -0.39 is 18.0 Å².